The Morgan fingerprint density at radius 1 is 1.18 bits per heavy atom. The van der Waals surface area contributed by atoms with Crippen molar-refractivity contribution in [1.82, 2.24) is 10.6 Å². The van der Waals surface area contributed by atoms with Gasteiger partial charge in [-0.15, -0.1) is 0 Å². The average molecular weight is 401 g/mol. The highest BCUT2D eigenvalue weighted by atomic mass is 35.5. The molecule has 6 nitrogen and oxygen atoms in total. The summed E-state index contributed by atoms with van der Waals surface area (Å²) in [6.07, 6.45) is 0.788. The van der Waals surface area contributed by atoms with Crippen LogP contribution in [0.4, 0.5) is 5.69 Å². The molecule has 1 aliphatic rings. The van der Waals surface area contributed by atoms with Crippen molar-refractivity contribution >= 4 is 29.2 Å². The molecular formula is C21H25ClN4O2. The summed E-state index contributed by atoms with van der Waals surface area (Å²) in [7, 11) is 0. The SMILES string of the molecule is CCNC(=NCc1ccccc1Cl)NCCCN1C(=O)COc2ccccc21. The summed E-state index contributed by atoms with van der Waals surface area (Å²) in [6, 6.07) is 15.3. The molecule has 2 aromatic carbocycles. The number of nitrogens with zero attached hydrogens (tertiary/aromatic N) is 2. The predicted octanol–water partition coefficient (Wildman–Crippen LogP) is 3.21. The lowest BCUT2D eigenvalue weighted by molar-refractivity contribution is -0.121. The van der Waals surface area contributed by atoms with Crippen LogP contribution in [0.3, 0.4) is 0 Å². The number of ether oxygens (including phenoxy) is 1. The molecule has 1 aliphatic heterocycles. The fraction of sp³-hybridized carbons (Fsp3) is 0.333. The lowest BCUT2D eigenvalue weighted by atomic mass is 10.2. The highest BCUT2D eigenvalue weighted by molar-refractivity contribution is 6.31. The van der Waals surface area contributed by atoms with E-state index in [0.29, 0.717) is 24.7 Å². The van der Waals surface area contributed by atoms with Gasteiger partial charge in [0.15, 0.2) is 12.6 Å². The Balaban J connectivity index is 1.53. The van der Waals surface area contributed by atoms with Crippen molar-refractivity contribution in [2.45, 2.75) is 19.9 Å². The quantitative estimate of drug-likeness (QED) is 0.425. The predicted molar refractivity (Wildman–Crippen MR) is 113 cm³/mol. The zero-order valence-electron chi connectivity index (χ0n) is 16.0. The van der Waals surface area contributed by atoms with Gasteiger partial charge < -0.3 is 20.3 Å². The smallest absolute Gasteiger partial charge is 0.265 e. The maximum atomic E-state index is 12.2. The second-order valence-corrected chi connectivity index (χ2v) is 6.78. The molecule has 0 atom stereocenters. The molecule has 1 amide bonds. The lowest BCUT2D eigenvalue weighted by Gasteiger charge is -2.29. The Morgan fingerprint density at radius 2 is 1.96 bits per heavy atom. The van der Waals surface area contributed by atoms with Crippen LogP contribution in [0.1, 0.15) is 18.9 Å². The fourth-order valence-electron chi connectivity index (χ4n) is 2.98. The number of hydrogen-bond acceptors (Lipinski definition) is 3. The Labute approximate surface area is 170 Å². The maximum absolute atomic E-state index is 12.2. The minimum Gasteiger partial charge on any atom is -0.482 e. The Kier molecular flexibility index (Phi) is 7.14. The number of anilines is 1. The molecule has 1 heterocycles. The molecule has 28 heavy (non-hydrogen) atoms. The number of carbonyl (C=O) groups excluding carboxylic acids is 1. The topological polar surface area (TPSA) is 66.0 Å². The van der Waals surface area contributed by atoms with Crippen LogP contribution in [-0.4, -0.2) is 38.1 Å². The molecule has 148 valence electrons. The van der Waals surface area contributed by atoms with E-state index in [2.05, 4.69) is 15.6 Å². The van der Waals surface area contributed by atoms with E-state index in [1.54, 1.807) is 4.90 Å². The van der Waals surface area contributed by atoms with Crippen molar-refractivity contribution in [2.24, 2.45) is 4.99 Å². The third kappa shape index (κ3) is 5.16. The molecule has 0 saturated heterocycles. The van der Waals surface area contributed by atoms with Gasteiger partial charge in [0.05, 0.1) is 12.2 Å². The van der Waals surface area contributed by atoms with Crippen molar-refractivity contribution in [1.29, 1.82) is 0 Å². The van der Waals surface area contributed by atoms with E-state index in [0.717, 1.165) is 35.9 Å². The number of amides is 1. The second-order valence-electron chi connectivity index (χ2n) is 6.37. The van der Waals surface area contributed by atoms with E-state index in [9.17, 15) is 4.79 Å². The van der Waals surface area contributed by atoms with E-state index in [4.69, 9.17) is 16.3 Å². The molecule has 0 unspecified atom stereocenters. The summed E-state index contributed by atoms with van der Waals surface area (Å²) in [5, 5.41) is 7.26. The molecule has 0 aromatic heterocycles. The number of guanidine groups is 1. The number of carbonyl (C=O) groups is 1. The van der Waals surface area contributed by atoms with Crippen LogP contribution in [0.5, 0.6) is 5.75 Å². The summed E-state index contributed by atoms with van der Waals surface area (Å²) in [6.45, 7) is 4.70. The Hall–Kier alpha value is -2.73. The zero-order valence-corrected chi connectivity index (χ0v) is 16.7. The van der Waals surface area contributed by atoms with Gasteiger partial charge in [-0.3, -0.25) is 4.79 Å². The summed E-state index contributed by atoms with van der Waals surface area (Å²) in [4.78, 5) is 18.6. The zero-order chi connectivity index (χ0) is 19.8. The number of halogens is 1. The molecule has 0 aliphatic carbocycles. The van der Waals surface area contributed by atoms with Gasteiger partial charge in [0.1, 0.15) is 5.75 Å². The Bertz CT molecular complexity index is 841. The molecule has 3 rings (SSSR count). The second kappa shape index (κ2) is 9.99. The number of benzene rings is 2. The number of para-hydroxylation sites is 2. The van der Waals surface area contributed by atoms with Crippen LogP contribution in [-0.2, 0) is 11.3 Å². The molecule has 0 radical (unpaired) electrons. The minimum atomic E-state index is -0.0157. The number of fused-ring (bicyclic) bond motifs is 1. The van der Waals surface area contributed by atoms with Gasteiger partial charge in [0, 0.05) is 24.7 Å². The third-order valence-electron chi connectivity index (χ3n) is 4.37. The van der Waals surface area contributed by atoms with Crippen LogP contribution in [0, 0.1) is 0 Å². The summed E-state index contributed by atoms with van der Waals surface area (Å²) in [5.41, 5.74) is 1.81. The Morgan fingerprint density at radius 3 is 2.79 bits per heavy atom. The average Bonchev–Trinajstić information content (AvgIpc) is 2.71. The van der Waals surface area contributed by atoms with E-state index >= 15 is 0 Å². The number of nitrogens with one attached hydrogen (secondary N) is 2. The minimum absolute atomic E-state index is 0.0157. The van der Waals surface area contributed by atoms with E-state index in [1.165, 1.54) is 0 Å². The molecule has 0 bridgehead atoms. The number of aliphatic imine (C=N–C) groups is 1. The normalized spacial score (nSPS) is 13.7. The maximum Gasteiger partial charge on any atom is 0.265 e. The third-order valence-corrected chi connectivity index (χ3v) is 4.74. The van der Waals surface area contributed by atoms with Crippen molar-refractivity contribution in [3.63, 3.8) is 0 Å². The first-order valence-electron chi connectivity index (χ1n) is 9.47. The van der Waals surface area contributed by atoms with Gasteiger partial charge in [-0.2, -0.15) is 0 Å². The van der Waals surface area contributed by atoms with E-state index in [-0.39, 0.29) is 12.5 Å². The van der Waals surface area contributed by atoms with Crippen LogP contribution in [0.25, 0.3) is 0 Å². The molecular weight excluding hydrogens is 376 g/mol. The van der Waals surface area contributed by atoms with Crippen LogP contribution >= 0.6 is 11.6 Å². The monoisotopic (exact) mass is 400 g/mol. The van der Waals surface area contributed by atoms with E-state index < -0.39 is 0 Å². The van der Waals surface area contributed by atoms with E-state index in [1.807, 2.05) is 55.5 Å². The highest BCUT2D eigenvalue weighted by Crippen LogP contribution is 2.31. The first-order valence-corrected chi connectivity index (χ1v) is 9.84. The molecule has 0 saturated carbocycles. The van der Waals surface area contributed by atoms with Gasteiger partial charge in [-0.05, 0) is 37.1 Å². The van der Waals surface area contributed by atoms with Gasteiger partial charge in [0.25, 0.3) is 5.91 Å². The molecule has 7 heteroatoms. The van der Waals surface area contributed by atoms with Gasteiger partial charge in [0.2, 0.25) is 0 Å². The summed E-state index contributed by atoms with van der Waals surface area (Å²) in [5.74, 6) is 1.47. The van der Waals surface area contributed by atoms with Gasteiger partial charge >= 0.3 is 0 Å². The van der Waals surface area contributed by atoms with Crippen molar-refractivity contribution < 1.29 is 9.53 Å². The standard InChI is InChI=1S/C21H25ClN4O2/c1-2-23-21(25-14-16-8-3-4-9-17(16)22)24-12-7-13-26-18-10-5-6-11-19(18)28-15-20(26)27/h3-6,8-11H,2,7,12-15H2,1H3,(H2,23,24,25). The summed E-state index contributed by atoms with van der Waals surface area (Å²) >= 11 is 6.19. The van der Waals surface area contributed by atoms with Gasteiger partial charge in [-0.25, -0.2) is 4.99 Å². The molecule has 2 aromatic rings. The van der Waals surface area contributed by atoms with Crippen LogP contribution in [0.2, 0.25) is 5.02 Å². The van der Waals surface area contributed by atoms with Crippen molar-refractivity contribution in [3.8, 4) is 5.75 Å². The van der Waals surface area contributed by atoms with Crippen molar-refractivity contribution in [2.75, 3.05) is 31.1 Å². The molecule has 0 fully saturated rings. The van der Waals surface area contributed by atoms with Crippen molar-refractivity contribution in [3.05, 3.63) is 59.1 Å². The highest BCUT2D eigenvalue weighted by Gasteiger charge is 2.24. The first kappa shape index (κ1) is 20.0. The lowest BCUT2D eigenvalue weighted by Crippen LogP contribution is -2.42. The summed E-state index contributed by atoms with van der Waals surface area (Å²) < 4.78 is 5.48. The van der Waals surface area contributed by atoms with Gasteiger partial charge in [-0.1, -0.05) is 41.9 Å². The molecule has 0 spiro atoms. The number of hydrogen-bond donors (Lipinski definition) is 2. The van der Waals surface area contributed by atoms with Crippen LogP contribution < -0.4 is 20.3 Å². The molecule has 2 N–H and O–H groups in total. The largest absolute Gasteiger partial charge is 0.482 e. The first-order chi connectivity index (χ1) is 13.7. The van der Waals surface area contributed by atoms with Crippen LogP contribution in [0.15, 0.2) is 53.5 Å². The number of rotatable bonds is 7. The fourth-order valence-corrected chi connectivity index (χ4v) is 3.17.